The van der Waals surface area contributed by atoms with Crippen molar-refractivity contribution in [3.8, 4) is 0 Å². The summed E-state index contributed by atoms with van der Waals surface area (Å²) >= 11 is 0. The van der Waals surface area contributed by atoms with Crippen LogP contribution in [0.3, 0.4) is 0 Å². The van der Waals surface area contributed by atoms with Gasteiger partial charge in [0.25, 0.3) is 5.91 Å². The number of fused-ring (bicyclic) bond motifs is 1. The third-order valence-electron chi connectivity index (χ3n) is 3.76. The minimum absolute atomic E-state index is 0.0729. The molecule has 19 heavy (non-hydrogen) atoms. The lowest BCUT2D eigenvalue weighted by Gasteiger charge is -2.37. The van der Waals surface area contributed by atoms with Crippen LogP contribution in [0.15, 0.2) is 12.4 Å². The number of amides is 1. The van der Waals surface area contributed by atoms with E-state index in [0.717, 1.165) is 19.3 Å². The first-order valence-electron chi connectivity index (χ1n) is 6.51. The van der Waals surface area contributed by atoms with Crippen LogP contribution >= 0.6 is 0 Å². The summed E-state index contributed by atoms with van der Waals surface area (Å²) in [5.41, 5.74) is 2.74. The lowest BCUT2D eigenvalue weighted by Crippen LogP contribution is -2.51. The molecule has 1 aliphatic heterocycles. The van der Waals surface area contributed by atoms with Gasteiger partial charge in [-0.3, -0.25) is 4.79 Å². The summed E-state index contributed by atoms with van der Waals surface area (Å²) in [4.78, 5) is 22.5. The van der Waals surface area contributed by atoms with E-state index in [2.05, 4.69) is 15.4 Å². The molecule has 0 spiro atoms. The molecule has 3 N–H and O–H groups in total. The number of nitrogens with two attached hydrogens (primary N) is 1. The molecule has 1 amide bonds. The van der Waals surface area contributed by atoms with Gasteiger partial charge in [0, 0.05) is 6.54 Å². The van der Waals surface area contributed by atoms with Gasteiger partial charge in [-0.15, -0.1) is 0 Å². The smallest absolute Gasteiger partial charge is 0.274 e. The zero-order valence-corrected chi connectivity index (χ0v) is 10.6. The van der Waals surface area contributed by atoms with Crippen molar-refractivity contribution in [2.75, 3.05) is 18.6 Å². The van der Waals surface area contributed by atoms with Crippen LogP contribution in [-0.4, -0.2) is 46.1 Å². The van der Waals surface area contributed by atoms with E-state index in [-0.39, 0.29) is 18.1 Å². The van der Waals surface area contributed by atoms with Crippen molar-refractivity contribution in [3.05, 3.63) is 18.1 Å². The van der Waals surface area contributed by atoms with E-state index in [0.29, 0.717) is 24.7 Å². The van der Waals surface area contributed by atoms with Gasteiger partial charge in [-0.25, -0.2) is 15.8 Å². The van der Waals surface area contributed by atoms with Gasteiger partial charge in [0.1, 0.15) is 5.69 Å². The number of rotatable bonds is 2. The van der Waals surface area contributed by atoms with Crippen molar-refractivity contribution in [2.24, 2.45) is 5.84 Å². The Kier molecular flexibility index (Phi) is 3.31. The number of morpholine rings is 1. The summed E-state index contributed by atoms with van der Waals surface area (Å²) in [6.07, 6.45) is 6.26. The molecule has 0 bridgehead atoms. The van der Waals surface area contributed by atoms with Crippen molar-refractivity contribution < 1.29 is 9.53 Å². The number of nitrogen functional groups attached to an aromatic ring is 1. The molecule has 2 heterocycles. The molecule has 0 aromatic carbocycles. The number of carbonyl (C=O) groups is 1. The van der Waals surface area contributed by atoms with Crippen molar-refractivity contribution >= 4 is 11.7 Å². The van der Waals surface area contributed by atoms with E-state index >= 15 is 0 Å². The summed E-state index contributed by atoms with van der Waals surface area (Å²) in [5.74, 6) is 5.59. The Balaban J connectivity index is 1.78. The van der Waals surface area contributed by atoms with Crippen LogP contribution in [0.25, 0.3) is 0 Å². The van der Waals surface area contributed by atoms with E-state index in [1.165, 1.54) is 12.4 Å². The molecular weight excluding hydrogens is 246 g/mol. The monoisotopic (exact) mass is 263 g/mol. The first kappa shape index (κ1) is 12.3. The fourth-order valence-corrected chi connectivity index (χ4v) is 2.84. The van der Waals surface area contributed by atoms with Gasteiger partial charge in [-0.1, -0.05) is 0 Å². The number of ether oxygens (including phenoxy) is 1. The first-order chi connectivity index (χ1) is 9.29. The molecule has 7 heteroatoms. The maximum absolute atomic E-state index is 12.5. The highest BCUT2D eigenvalue weighted by atomic mass is 16.5. The Morgan fingerprint density at radius 3 is 3.05 bits per heavy atom. The summed E-state index contributed by atoms with van der Waals surface area (Å²) in [7, 11) is 0. The molecule has 1 aromatic heterocycles. The van der Waals surface area contributed by atoms with Gasteiger partial charge in [-0.2, -0.15) is 0 Å². The van der Waals surface area contributed by atoms with Crippen LogP contribution in [-0.2, 0) is 4.74 Å². The Labute approximate surface area is 111 Å². The Morgan fingerprint density at radius 2 is 2.32 bits per heavy atom. The normalized spacial score (nSPS) is 26.1. The molecule has 7 nitrogen and oxygen atoms in total. The van der Waals surface area contributed by atoms with Crippen LogP contribution in [0.4, 0.5) is 5.82 Å². The molecule has 102 valence electrons. The number of carbonyl (C=O) groups excluding carboxylic acids is 1. The van der Waals surface area contributed by atoms with Crippen LogP contribution in [0.5, 0.6) is 0 Å². The topological polar surface area (TPSA) is 93.4 Å². The average molecular weight is 263 g/mol. The van der Waals surface area contributed by atoms with Gasteiger partial charge in [-0.05, 0) is 19.3 Å². The zero-order valence-electron chi connectivity index (χ0n) is 10.6. The second kappa shape index (κ2) is 5.10. The molecule has 2 fully saturated rings. The molecule has 2 aliphatic rings. The summed E-state index contributed by atoms with van der Waals surface area (Å²) in [5, 5.41) is 0. The number of hydrogen-bond donors (Lipinski definition) is 2. The quantitative estimate of drug-likeness (QED) is 0.583. The highest BCUT2D eigenvalue weighted by Gasteiger charge is 2.38. The molecule has 1 aromatic rings. The molecule has 1 saturated carbocycles. The van der Waals surface area contributed by atoms with Crippen LogP contribution < -0.4 is 11.3 Å². The third kappa shape index (κ3) is 2.26. The third-order valence-corrected chi connectivity index (χ3v) is 3.76. The van der Waals surface area contributed by atoms with Gasteiger partial charge in [0.15, 0.2) is 5.82 Å². The second-order valence-corrected chi connectivity index (χ2v) is 4.84. The minimum Gasteiger partial charge on any atom is -0.374 e. The van der Waals surface area contributed by atoms with Crippen LogP contribution in [0.2, 0.25) is 0 Å². The molecule has 3 rings (SSSR count). The maximum atomic E-state index is 12.5. The molecule has 1 aliphatic carbocycles. The minimum atomic E-state index is -0.0729. The molecular formula is C12H17N5O2. The van der Waals surface area contributed by atoms with E-state index in [1.807, 2.05) is 4.90 Å². The SMILES string of the molecule is NNc1cnc(C(=O)N2CCOC3CCCC32)cn1. The summed E-state index contributed by atoms with van der Waals surface area (Å²) in [6, 6.07) is 0.190. The maximum Gasteiger partial charge on any atom is 0.274 e. The Morgan fingerprint density at radius 1 is 1.42 bits per heavy atom. The van der Waals surface area contributed by atoms with Crippen molar-refractivity contribution in [3.63, 3.8) is 0 Å². The van der Waals surface area contributed by atoms with Crippen molar-refractivity contribution in [1.29, 1.82) is 0 Å². The van der Waals surface area contributed by atoms with E-state index in [4.69, 9.17) is 10.6 Å². The fraction of sp³-hybridized carbons (Fsp3) is 0.583. The summed E-state index contributed by atoms with van der Waals surface area (Å²) in [6.45, 7) is 1.22. The number of anilines is 1. The average Bonchev–Trinajstić information content (AvgIpc) is 2.95. The molecule has 2 atom stereocenters. The van der Waals surface area contributed by atoms with Gasteiger partial charge < -0.3 is 15.1 Å². The number of nitrogens with one attached hydrogen (secondary N) is 1. The van der Waals surface area contributed by atoms with E-state index in [9.17, 15) is 4.79 Å². The first-order valence-corrected chi connectivity index (χ1v) is 6.51. The molecule has 0 radical (unpaired) electrons. The van der Waals surface area contributed by atoms with Crippen molar-refractivity contribution in [2.45, 2.75) is 31.4 Å². The van der Waals surface area contributed by atoms with E-state index < -0.39 is 0 Å². The second-order valence-electron chi connectivity index (χ2n) is 4.84. The Hall–Kier alpha value is -1.73. The predicted molar refractivity (Wildman–Crippen MR) is 68.3 cm³/mol. The lowest BCUT2D eigenvalue weighted by atomic mass is 10.1. The predicted octanol–water partition coefficient (Wildman–Crippen LogP) is 0.156. The van der Waals surface area contributed by atoms with Crippen LogP contribution in [0.1, 0.15) is 29.8 Å². The van der Waals surface area contributed by atoms with E-state index in [1.54, 1.807) is 0 Å². The number of hydrazine groups is 1. The standard InChI is InChI=1S/C12H17N5O2/c13-16-11-7-14-8(6-15-11)12(18)17-4-5-19-10-3-1-2-9(10)17/h6-7,9-10H,1-5,13H2,(H,15,16). The van der Waals surface area contributed by atoms with Crippen LogP contribution in [0, 0.1) is 0 Å². The highest BCUT2D eigenvalue weighted by molar-refractivity contribution is 5.92. The number of hydrogen-bond acceptors (Lipinski definition) is 6. The molecule has 1 saturated heterocycles. The van der Waals surface area contributed by atoms with Gasteiger partial charge in [0.05, 0.1) is 31.1 Å². The van der Waals surface area contributed by atoms with Crippen molar-refractivity contribution in [1.82, 2.24) is 14.9 Å². The number of nitrogens with zero attached hydrogens (tertiary/aromatic N) is 3. The summed E-state index contributed by atoms with van der Waals surface area (Å²) < 4.78 is 5.70. The number of aromatic nitrogens is 2. The van der Waals surface area contributed by atoms with Gasteiger partial charge >= 0.3 is 0 Å². The highest BCUT2D eigenvalue weighted by Crippen LogP contribution is 2.30. The Bertz CT molecular complexity index is 464. The fourth-order valence-electron chi connectivity index (χ4n) is 2.84. The molecule has 2 unspecified atom stereocenters. The zero-order chi connectivity index (χ0) is 13.2. The lowest BCUT2D eigenvalue weighted by molar-refractivity contribution is -0.0447. The van der Waals surface area contributed by atoms with Gasteiger partial charge in [0.2, 0.25) is 0 Å². The largest absolute Gasteiger partial charge is 0.374 e.